The van der Waals surface area contributed by atoms with Gasteiger partial charge in [0.2, 0.25) is 5.24 Å². The number of halogens is 1. The fourth-order valence-electron chi connectivity index (χ4n) is 1.84. The standard InChI is InChI=1S/C12H17ClO/c1-8(2)6-5-7-9-10(11(13)14)12(9,3)4/h5-7,9-10H,1-4H3. The van der Waals surface area contributed by atoms with Crippen LogP contribution in [0, 0.1) is 17.3 Å². The van der Waals surface area contributed by atoms with Gasteiger partial charge in [0.15, 0.2) is 0 Å². The van der Waals surface area contributed by atoms with Crippen molar-refractivity contribution in [2.45, 2.75) is 27.7 Å². The van der Waals surface area contributed by atoms with Gasteiger partial charge in [-0.25, -0.2) is 0 Å². The maximum absolute atomic E-state index is 11.0. The summed E-state index contributed by atoms with van der Waals surface area (Å²) in [6.45, 7) is 8.25. The Morgan fingerprint density at radius 1 is 1.36 bits per heavy atom. The topological polar surface area (TPSA) is 17.1 Å². The van der Waals surface area contributed by atoms with Crippen LogP contribution < -0.4 is 0 Å². The lowest BCUT2D eigenvalue weighted by Crippen LogP contribution is -1.96. The predicted octanol–water partition coefficient (Wildman–Crippen LogP) is 3.55. The zero-order valence-corrected chi connectivity index (χ0v) is 9.93. The largest absolute Gasteiger partial charge is 0.281 e. The van der Waals surface area contributed by atoms with E-state index in [-0.39, 0.29) is 16.6 Å². The minimum Gasteiger partial charge on any atom is -0.281 e. The molecule has 0 N–H and O–H groups in total. The fourth-order valence-corrected chi connectivity index (χ4v) is 2.25. The summed E-state index contributed by atoms with van der Waals surface area (Å²) in [5.41, 5.74) is 1.30. The van der Waals surface area contributed by atoms with Gasteiger partial charge >= 0.3 is 0 Å². The third-order valence-corrected chi connectivity index (χ3v) is 3.14. The van der Waals surface area contributed by atoms with Crippen LogP contribution in [0.15, 0.2) is 23.8 Å². The number of allylic oxidation sites excluding steroid dienone is 4. The normalized spacial score (nSPS) is 28.9. The summed E-state index contributed by atoms with van der Waals surface area (Å²) in [7, 11) is 0. The van der Waals surface area contributed by atoms with Crippen molar-refractivity contribution in [1.82, 2.24) is 0 Å². The molecule has 1 fully saturated rings. The van der Waals surface area contributed by atoms with Crippen molar-refractivity contribution in [2.75, 3.05) is 0 Å². The quantitative estimate of drug-likeness (QED) is 0.517. The Kier molecular flexibility index (Phi) is 3.20. The summed E-state index contributed by atoms with van der Waals surface area (Å²) in [5.74, 6) is 0.314. The second-order valence-electron chi connectivity index (χ2n) is 4.76. The molecule has 2 heteroatoms. The van der Waals surface area contributed by atoms with Crippen LogP contribution in [0.2, 0.25) is 0 Å². The molecule has 78 valence electrons. The van der Waals surface area contributed by atoms with Crippen molar-refractivity contribution in [3.05, 3.63) is 23.8 Å². The molecular formula is C12H17ClO. The number of carbonyl (C=O) groups is 1. The molecule has 0 amide bonds. The van der Waals surface area contributed by atoms with Gasteiger partial charge in [0.25, 0.3) is 0 Å². The van der Waals surface area contributed by atoms with Crippen LogP contribution in [0.5, 0.6) is 0 Å². The molecule has 1 rings (SSSR count). The Labute approximate surface area is 90.8 Å². The van der Waals surface area contributed by atoms with Crippen LogP contribution in [-0.4, -0.2) is 5.24 Å². The molecule has 0 aromatic carbocycles. The second-order valence-corrected chi connectivity index (χ2v) is 5.13. The van der Waals surface area contributed by atoms with Crippen LogP contribution in [0.1, 0.15) is 27.7 Å². The molecule has 0 aromatic heterocycles. The number of hydrogen-bond donors (Lipinski definition) is 0. The van der Waals surface area contributed by atoms with Crippen LogP contribution >= 0.6 is 11.6 Å². The van der Waals surface area contributed by atoms with E-state index < -0.39 is 0 Å². The number of carbonyl (C=O) groups excluding carboxylic acids is 1. The first-order chi connectivity index (χ1) is 6.37. The van der Waals surface area contributed by atoms with Crippen molar-refractivity contribution in [2.24, 2.45) is 17.3 Å². The Hall–Kier alpha value is -0.560. The van der Waals surface area contributed by atoms with E-state index >= 15 is 0 Å². The minimum atomic E-state index is -0.207. The summed E-state index contributed by atoms with van der Waals surface area (Å²) in [5, 5.41) is -0.207. The molecule has 14 heavy (non-hydrogen) atoms. The van der Waals surface area contributed by atoms with E-state index in [1.807, 2.05) is 26.0 Å². The molecule has 1 aliphatic carbocycles. The molecule has 0 aliphatic heterocycles. The molecule has 1 nitrogen and oxygen atoms in total. The van der Waals surface area contributed by atoms with Crippen molar-refractivity contribution < 1.29 is 4.79 Å². The predicted molar refractivity (Wildman–Crippen MR) is 60.2 cm³/mol. The molecule has 0 aromatic rings. The van der Waals surface area contributed by atoms with E-state index in [0.717, 1.165) is 0 Å². The van der Waals surface area contributed by atoms with Gasteiger partial charge in [-0.2, -0.15) is 0 Å². The van der Waals surface area contributed by atoms with Gasteiger partial charge in [-0.1, -0.05) is 37.6 Å². The van der Waals surface area contributed by atoms with E-state index in [1.165, 1.54) is 5.57 Å². The molecule has 0 spiro atoms. The zero-order chi connectivity index (χ0) is 10.9. The third kappa shape index (κ3) is 2.27. The van der Waals surface area contributed by atoms with E-state index in [9.17, 15) is 4.79 Å². The van der Waals surface area contributed by atoms with E-state index in [1.54, 1.807) is 0 Å². The lowest BCUT2D eigenvalue weighted by Gasteiger charge is -1.96. The van der Waals surface area contributed by atoms with Gasteiger partial charge < -0.3 is 0 Å². The zero-order valence-electron chi connectivity index (χ0n) is 9.17. The van der Waals surface area contributed by atoms with Crippen molar-refractivity contribution >= 4 is 16.8 Å². The number of rotatable bonds is 3. The summed E-state index contributed by atoms with van der Waals surface area (Å²) in [6.07, 6.45) is 6.14. The van der Waals surface area contributed by atoms with Gasteiger partial charge in [0, 0.05) is 5.92 Å². The molecule has 0 saturated heterocycles. The summed E-state index contributed by atoms with van der Waals surface area (Å²) >= 11 is 5.51. The average molecular weight is 213 g/mol. The highest BCUT2D eigenvalue weighted by atomic mass is 35.5. The summed E-state index contributed by atoms with van der Waals surface area (Å²) in [4.78, 5) is 11.0. The summed E-state index contributed by atoms with van der Waals surface area (Å²) < 4.78 is 0. The van der Waals surface area contributed by atoms with Crippen LogP contribution in [-0.2, 0) is 4.79 Å². The highest BCUT2D eigenvalue weighted by Gasteiger charge is 2.59. The lowest BCUT2D eigenvalue weighted by molar-refractivity contribution is -0.113. The maximum atomic E-state index is 11.0. The Morgan fingerprint density at radius 2 is 1.93 bits per heavy atom. The van der Waals surface area contributed by atoms with Crippen molar-refractivity contribution in [3.63, 3.8) is 0 Å². The lowest BCUT2D eigenvalue weighted by atomic mass is 10.1. The second kappa shape index (κ2) is 3.90. The maximum Gasteiger partial charge on any atom is 0.225 e. The highest BCUT2D eigenvalue weighted by molar-refractivity contribution is 6.64. The first-order valence-corrected chi connectivity index (χ1v) is 5.26. The fraction of sp³-hybridized carbons (Fsp3) is 0.583. The molecule has 0 radical (unpaired) electrons. The van der Waals surface area contributed by atoms with Gasteiger partial charge in [-0.05, 0) is 36.8 Å². The molecular weight excluding hydrogens is 196 g/mol. The highest BCUT2D eigenvalue weighted by Crippen LogP contribution is 2.59. The SMILES string of the molecule is CC(C)=CC=CC1C(C(=O)Cl)C1(C)C. The van der Waals surface area contributed by atoms with Crippen molar-refractivity contribution in [3.8, 4) is 0 Å². The molecule has 1 saturated carbocycles. The monoisotopic (exact) mass is 212 g/mol. The van der Waals surface area contributed by atoms with Crippen LogP contribution in [0.25, 0.3) is 0 Å². The van der Waals surface area contributed by atoms with Crippen molar-refractivity contribution in [1.29, 1.82) is 0 Å². The van der Waals surface area contributed by atoms with Crippen LogP contribution in [0.4, 0.5) is 0 Å². The molecule has 0 heterocycles. The average Bonchev–Trinajstić information content (AvgIpc) is 2.52. The van der Waals surface area contributed by atoms with E-state index in [4.69, 9.17) is 11.6 Å². The van der Waals surface area contributed by atoms with E-state index in [2.05, 4.69) is 19.9 Å². The smallest absolute Gasteiger partial charge is 0.225 e. The summed E-state index contributed by atoms with van der Waals surface area (Å²) in [6, 6.07) is 0. The number of hydrogen-bond acceptors (Lipinski definition) is 1. The van der Waals surface area contributed by atoms with Crippen LogP contribution in [0.3, 0.4) is 0 Å². The first kappa shape index (κ1) is 11.5. The Morgan fingerprint density at radius 3 is 2.29 bits per heavy atom. The molecule has 2 atom stereocenters. The molecule has 1 aliphatic rings. The molecule has 2 unspecified atom stereocenters. The van der Waals surface area contributed by atoms with E-state index in [0.29, 0.717) is 5.92 Å². The van der Waals surface area contributed by atoms with Gasteiger partial charge in [0.05, 0.1) is 0 Å². The third-order valence-electron chi connectivity index (χ3n) is 2.90. The molecule has 0 bridgehead atoms. The minimum absolute atomic E-state index is 0.00554. The van der Waals surface area contributed by atoms with Gasteiger partial charge in [-0.3, -0.25) is 4.79 Å². The first-order valence-electron chi connectivity index (χ1n) is 4.88. The van der Waals surface area contributed by atoms with Gasteiger partial charge in [-0.15, -0.1) is 0 Å². The Balaban J connectivity index is 2.62. The Bertz CT molecular complexity index is 295. The van der Waals surface area contributed by atoms with Gasteiger partial charge in [0.1, 0.15) is 0 Å².